The van der Waals surface area contributed by atoms with Gasteiger partial charge in [0.15, 0.2) is 0 Å². The zero-order valence-electron chi connectivity index (χ0n) is 20.1. The van der Waals surface area contributed by atoms with Gasteiger partial charge >= 0.3 is 5.97 Å². The molecule has 12 heteroatoms. The second-order valence-electron chi connectivity index (χ2n) is 8.30. The van der Waals surface area contributed by atoms with Crippen LogP contribution in [0.4, 0.5) is 11.8 Å². The summed E-state index contributed by atoms with van der Waals surface area (Å²) in [6.45, 7) is 5.13. The molecular weight excluding hydrogens is 484 g/mol. The van der Waals surface area contributed by atoms with Crippen molar-refractivity contribution >= 4 is 33.7 Å². The lowest BCUT2D eigenvalue weighted by Crippen LogP contribution is -2.48. The molecule has 0 fully saturated rings. The third-order valence-electron chi connectivity index (χ3n) is 5.30. The number of nitrogens with one attached hydrogen (secondary N) is 3. The maximum atomic E-state index is 12.9. The summed E-state index contributed by atoms with van der Waals surface area (Å²) in [6.07, 6.45) is 1.53. The second-order valence-corrected chi connectivity index (χ2v) is 9.95. The van der Waals surface area contributed by atoms with E-state index in [1.165, 1.54) is 6.20 Å². The molecule has 1 unspecified atom stereocenters. The van der Waals surface area contributed by atoms with Gasteiger partial charge < -0.3 is 21.5 Å². The highest BCUT2D eigenvalue weighted by atomic mass is 32.2. The summed E-state index contributed by atoms with van der Waals surface area (Å²) in [5, 5.41) is 15.1. The van der Waals surface area contributed by atoms with E-state index in [-0.39, 0.29) is 10.8 Å². The summed E-state index contributed by atoms with van der Waals surface area (Å²) in [5.41, 5.74) is 8.61. The molecule has 1 atom stereocenters. The molecule has 2 aromatic carbocycles. The number of carboxylic acid groups (broad SMARTS) is 1. The van der Waals surface area contributed by atoms with Gasteiger partial charge in [-0.15, -0.1) is 0 Å². The Morgan fingerprint density at radius 2 is 1.69 bits per heavy atom. The highest BCUT2D eigenvalue weighted by molar-refractivity contribution is 7.89. The molecule has 0 aliphatic heterocycles. The van der Waals surface area contributed by atoms with E-state index in [0.29, 0.717) is 29.1 Å². The van der Waals surface area contributed by atoms with Crippen LogP contribution < -0.4 is 21.1 Å². The molecule has 36 heavy (non-hydrogen) atoms. The van der Waals surface area contributed by atoms with Gasteiger partial charge in [0.05, 0.1) is 4.90 Å². The molecule has 0 aliphatic carbocycles. The average molecular weight is 513 g/mol. The Labute approximate surface area is 209 Å². The van der Waals surface area contributed by atoms with Gasteiger partial charge in [-0.05, 0) is 55.7 Å². The molecule has 1 aromatic heterocycles. The number of aromatic nitrogens is 2. The zero-order valence-corrected chi connectivity index (χ0v) is 20.9. The summed E-state index contributed by atoms with van der Waals surface area (Å²) in [4.78, 5) is 32.2. The third-order valence-corrected chi connectivity index (χ3v) is 7.08. The highest BCUT2D eigenvalue weighted by Crippen LogP contribution is 2.22. The summed E-state index contributed by atoms with van der Waals surface area (Å²) in [7, 11) is -4.14. The first-order valence-corrected chi connectivity index (χ1v) is 12.5. The van der Waals surface area contributed by atoms with Crippen LogP contribution in [-0.4, -0.2) is 48.0 Å². The molecule has 0 spiro atoms. The number of rotatable bonds is 10. The SMILES string of the molecule is Cc1cc(C)c(S(=O)(=O)NC(CNC(=O)c2ccc(CNc3ccnc(N)n3)cc2)C(=O)O)c(C)c1. The Balaban J connectivity index is 1.62. The number of amides is 1. The maximum absolute atomic E-state index is 12.9. The number of nitrogens with two attached hydrogens (primary N) is 1. The number of carboxylic acids is 1. The van der Waals surface area contributed by atoms with Crippen molar-refractivity contribution in [3.8, 4) is 0 Å². The Bertz CT molecular complexity index is 1350. The Hall–Kier alpha value is -4.03. The van der Waals surface area contributed by atoms with Gasteiger partial charge in [0.1, 0.15) is 11.9 Å². The molecule has 0 saturated heterocycles. The van der Waals surface area contributed by atoms with E-state index in [0.717, 1.165) is 11.1 Å². The van der Waals surface area contributed by atoms with Crippen molar-refractivity contribution < 1.29 is 23.1 Å². The molecule has 3 aromatic rings. The summed E-state index contributed by atoms with van der Waals surface area (Å²) < 4.78 is 28.0. The van der Waals surface area contributed by atoms with Crippen molar-refractivity contribution in [2.24, 2.45) is 0 Å². The number of sulfonamides is 1. The van der Waals surface area contributed by atoms with Gasteiger partial charge in [-0.1, -0.05) is 29.8 Å². The summed E-state index contributed by atoms with van der Waals surface area (Å²) >= 11 is 0. The summed E-state index contributed by atoms with van der Waals surface area (Å²) in [6, 6.07) is 10.2. The average Bonchev–Trinajstić information content (AvgIpc) is 2.79. The fraction of sp³-hybridized carbons (Fsp3) is 0.250. The van der Waals surface area contributed by atoms with Crippen molar-refractivity contribution in [3.63, 3.8) is 0 Å². The first-order chi connectivity index (χ1) is 17.0. The van der Waals surface area contributed by atoms with Crippen molar-refractivity contribution in [2.75, 3.05) is 17.6 Å². The number of hydrogen-bond donors (Lipinski definition) is 5. The van der Waals surface area contributed by atoms with E-state index < -0.39 is 34.5 Å². The maximum Gasteiger partial charge on any atom is 0.323 e. The quantitative estimate of drug-likeness (QED) is 0.271. The van der Waals surface area contributed by atoms with Crippen molar-refractivity contribution in [3.05, 3.63) is 76.5 Å². The van der Waals surface area contributed by atoms with Crippen LogP contribution >= 0.6 is 0 Å². The van der Waals surface area contributed by atoms with E-state index in [1.807, 2.05) is 6.92 Å². The highest BCUT2D eigenvalue weighted by Gasteiger charge is 2.28. The van der Waals surface area contributed by atoms with Crippen LogP contribution in [0.15, 0.2) is 53.6 Å². The molecule has 11 nitrogen and oxygen atoms in total. The molecule has 3 rings (SSSR count). The van der Waals surface area contributed by atoms with Gasteiger partial charge in [0.25, 0.3) is 5.91 Å². The molecule has 0 radical (unpaired) electrons. The van der Waals surface area contributed by atoms with Crippen molar-refractivity contribution in [1.82, 2.24) is 20.0 Å². The Morgan fingerprint density at radius 1 is 1.06 bits per heavy atom. The van der Waals surface area contributed by atoms with Crippen LogP contribution in [0.1, 0.15) is 32.6 Å². The monoisotopic (exact) mass is 512 g/mol. The summed E-state index contributed by atoms with van der Waals surface area (Å²) in [5.74, 6) is -1.24. The number of carbonyl (C=O) groups excluding carboxylic acids is 1. The molecule has 0 saturated carbocycles. The van der Waals surface area contributed by atoms with Crippen LogP contribution in [0.25, 0.3) is 0 Å². The lowest BCUT2D eigenvalue weighted by Gasteiger charge is -2.18. The number of nitrogen functional groups attached to an aromatic ring is 1. The molecule has 1 heterocycles. The molecule has 190 valence electrons. The largest absolute Gasteiger partial charge is 0.480 e. The van der Waals surface area contributed by atoms with Crippen LogP contribution in [0.2, 0.25) is 0 Å². The van der Waals surface area contributed by atoms with E-state index in [1.54, 1.807) is 56.3 Å². The van der Waals surface area contributed by atoms with E-state index in [2.05, 4.69) is 25.3 Å². The van der Waals surface area contributed by atoms with Gasteiger partial charge in [-0.3, -0.25) is 9.59 Å². The lowest BCUT2D eigenvalue weighted by molar-refractivity contribution is -0.138. The zero-order chi connectivity index (χ0) is 26.5. The number of carbonyl (C=O) groups is 2. The van der Waals surface area contributed by atoms with Crippen LogP contribution in [0.5, 0.6) is 0 Å². The van der Waals surface area contributed by atoms with Crippen LogP contribution in [0, 0.1) is 20.8 Å². The number of anilines is 2. The molecule has 0 aliphatic rings. The topological polar surface area (TPSA) is 176 Å². The fourth-order valence-corrected chi connectivity index (χ4v) is 5.39. The molecule has 0 bridgehead atoms. The van der Waals surface area contributed by atoms with Gasteiger partial charge in [0.2, 0.25) is 16.0 Å². The van der Waals surface area contributed by atoms with Gasteiger partial charge in [-0.25, -0.2) is 13.4 Å². The predicted molar refractivity (Wildman–Crippen MR) is 135 cm³/mol. The number of nitrogens with zero attached hydrogens (tertiary/aromatic N) is 2. The molecule has 1 amide bonds. The van der Waals surface area contributed by atoms with E-state index >= 15 is 0 Å². The Kier molecular flexibility index (Phi) is 8.22. The Morgan fingerprint density at radius 3 is 2.28 bits per heavy atom. The smallest absolute Gasteiger partial charge is 0.323 e. The van der Waals surface area contributed by atoms with Crippen LogP contribution in [-0.2, 0) is 21.4 Å². The minimum atomic E-state index is -4.14. The van der Waals surface area contributed by atoms with E-state index in [9.17, 15) is 23.1 Å². The minimum absolute atomic E-state index is 0.0273. The first-order valence-electron chi connectivity index (χ1n) is 11.0. The fourth-order valence-electron chi connectivity index (χ4n) is 3.75. The standard InChI is InChI=1S/C24H28N6O5S/c1-14-10-15(2)21(16(3)11-14)36(34,35)30-19(23(32)33)13-28-22(31)18-6-4-17(5-7-18)12-27-20-8-9-26-24(25)29-20/h4-11,19,30H,12-13H2,1-3H3,(H,28,31)(H,32,33)(H3,25,26,27,29). The molecular formula is C24H28N6O5S. The normalized spacial score (nSPS) is 12.1. The number of aryl methyl sites for hydroxylation is 3. The van der Waals surface area contributed by atoms with Crippen LogP contribution in [0.3, 0.4) is 0 Å². The predicted octanol–water partition coefficient (Wildman–Crippen LogP) is 1.76. The third kappa shape index (κ3) is 6.77. The number of benzene rings is 2. The van der Waals surface area contributed by atoms with E-state index in [4.69, 9.17) is 5.73 Å². The van der Waals surface area contributed by atoms with Gasteiger partial charge in [0, 0.05) is 24.8 Å². The van der Waals surface area contributed by atoms with Crippen molar-refractivity contribution in [2.45, 2.75) is 38.3 Å². The molecule has 6 N–H and O–H groups in total. The van der Waals surface area contributed by atoms with Crippen molar-refractivity contribution in [1.29, 1.82) is 0 Å². The lowest BCUT2D eigenvalue weighted by atomic mass is 10.1. The van der Waals surface area contributed by atoms with Gasteiger partial charge in [-0.2, -0.15) is 9.71 Å². The second kappa shape index (κ2) is 11.1. The number of aliphatic carboxylic acids is 1. The first kappa shape index (κ1) is 26.6. The minimum Gasteiger partial charge on any atom is -0.480 e. The number of hydrogen-bond acceptors (Lipinski definition) is 8.